The van der Waals surface area contributed by atoms with E-state index >= 15 is 0 Å². The second kappa shape index (κ2) is 10.6. The minimum Gasteiger partial charge on any atom is -0.493 e. The van der Waals surface area contributed by atoms with Gasteiger partial charge in [-0.25, -0.2) is 4.99 Å². The van der Waals surface area contributed by atoms with Crippen LogP contribution in [0, 0.1) is 0 Å². The lowest BCUT2D eigenvalue weighted by molar-refractivity contribution is -0.274. The zero-order chi connectivity index (χ0) is 20.0. The van der Waals surface area contributed by atoms with Crippen molar-refractivity contribution in [1.82, 2.24) is 0 Å². The van der Waals surface area contributed by atoms with E-state index in [4.69, 9.17) is 15.2 Å². The lowest BCUT2D eigenvalue weighted by Crippen LogP contribution is -2.22. The van der Waals surface area contributed by atoms with Crippen molar-refractivity contribution in [1.29, 1.82) is 0 Å². The van der Waals surface area contributed by atoms with Gasteiger partial charge in [0.05, 0.1) is 20.8 Å². The number of hydrogen-bond donors (Lipinski definition) is 2. The van der Waals surface area contributed by atoms with Gasteiger partial charge < -0.3 is 25.3 Å². The van der Waals surface area contributed by atoms with Crippen LogP contribution in [0.5, 0.6) is 17.2 Å². The Labute approximate surface area is 185 Å². The maximum Gasteiger partial charge on any atom is 0.573 e. The first kappa shape index (κ1) is 24.1. The van der Waals surface area contributed by atoms with E-state index in [-0.39, 0.29) is 42.2 Å². The van der Waals surface area contributed by atoms with Crippen LogP contribution in [-0.4, -0.2) is 26.5 Å². The molecule has 6 nitrogen and oxygen atoms in total. The Bertz CT molecular complexity index is 818. The van der Waals surface area contributed by atoms with Crippen LogP contribution in [0.1, 0.15) is 5.56 Å². The van der Waals surface area contributed by atoms with Crippen molar-refractivity contribution in [2.75, 3.05) is 19.5 Å². The molecule has 28 heavy (non-hydrogen) atoms. The molecule has 2 aromatic carbocycles. The molecule has 154 valence electrons. The van der Waals surface area contributed by atoms with Gasteiger partial charge in [-0.15, -0.1) is 37.1 Å². The van der Waals surface area contributed by atoms with E-state index < -0.39 is 6.36 Å². The van der Waals surface area contributed by atoms with E-state index in [1.807, 2.05) is 0 Å². The molecule has 0 aliphatic rings. The molecule has 3 N–H and O–H groups in total. The van der Waals surface area contributed by atoms with Gasteiger partial charge >= 0.3 is 6.36 Å². The van der Waals surface area contributed by atoms with Crippen molar-refractivity contribution in [2.45, 2.75) is 12.9 Å². The molecular weight excluding hydrogens is 558 g/mol. The van der Waals surface area contributed by atoms with Crippen LogP contribution in [0.4, 0.5) is 18.9 Å². The Kier molecular flexibility index (Phi) is 9.14. The van der Waals surface area contributed by atoms with Crippen LogP contribution in [0.3, 0.4) is 0 Å². The van der Waals surface area contributed by atoms with Gasteiger partial charge in [0, 0.05) is 10.2 Å². The van der Waals surface area contributed by atoms with E-state index in [0.717, 1.165) is 10.0 Å². The van der Waals surface area contributed by atoms with E-state index in [0.29, 0.717) is 17.2 Å². The minimum atomic E-state index is -4.73. The zero-order valence-corrected chi connectivity index (χ0v) is 18.8. The number of aliphatic imine (C=N–C) groups is 1. The molecule has 0 saturated heterocycles. The van der Waals surface area contributed by atoms with Gasteiger partial charge in [0.1, 0.15) is 5.75 Å². The summed E-state index contributed by atoms with van der Waals surface area (Å²) in [5, 5.41) is 2.79. The van der Waals surface area contributed by atoms with Crippen molar-refractivity contribution in [3.63, 3.8) is 0 Å². The molecule has 0 bridgehead atoms. The molecule has 0 saturated carbocycles. The molecule has 0 aliphatic heterocycles. The number of halogens is 5. The van der Waals surface area contributed by atoms with E-state index in [9.17, 15) is 13.2 Å². The fourth-order valence-electron chi connectivity index (χ4n) is 2.12. The number of anilines is 1. The molecule has 11 heteroatoms. The molecule has 0 amide bonds. The van der Waals surface area contributed by atoms with Crippen molar-refractivity contribution >= 4 is 51.6 Å². The summed E-state index contributed by atoms with van der Waals surface area (Å²) in [5.74, 6) is 0.904. The average Bonchev–Trinajstić information content (AvgIpc) is 2.60. The van der Waals surface area contributed by atoms with E-state index in [1.165, 1.54) is 38.5 Å². The van der Waals surface area contributed by atoms with Crippen molar-refractivity contribution < 1.29 is 27.4 Å². The number of ether oxygens (including phenoxy) is 3. The van der Waals surface area contributed by atoms with Crippen molar-refractivity contribution in [3.05, 3.63) is 46.4 Å². The number of nitrogens with one attached hydrogen (secondary N) is 1. The Morgan fingerprint density at radius 2 is 1.68 bits per heavy atom. The van der Waals surface area contributed by atoms with Crippen LogP contribution in [0.15, 0.2) is 45.9 Å². The van der Waals surface area contributed by atoms with Gasteiger partial charge in [0.25, 0.3) is 0 Å². The molecule has 2 aromatic rings. The van der Waals surface area contributed by atoms with Crippen LogP contribution >= 0.6 is 39.9 Å². The highest BCUT2D eigenvalue weighted by molar-refractivity contribution is 14.0. The Morgan fingerprint density at radius 3 is 2.21 bits per heavy atom. The first-order chi connectivity index (χ1) is 12.7. The number of benzene rings is 2. The molecule has 0 fully saturated rings. The van der Waals surface area contributed by atoms with Gasteiger partial charge in [-0.2, -0.15) is 0 Å². The Balaban J connectivity index is 0.00000392. The smallest absolute Gasteiger partial charge is 0.493 e. The van der Waals surface area contributed by atoms with Crippen LogP contribution in [0.25, 0.3) is 0 Å². The molecule has 0 radical (unpaired) electrons. The normalized spacial score (nSPS) is 11.4. The number of guanidine groups is 1. The number of methoxy groups -OCH3 is 2. The summed E-state index contributed by atoms with van der Waals surface area (Å²) >= 11 is 3.43. The fourth-order valence-corrected chi connectivity index (χ4v) is 2.56. The van der Waals surface area contributed by atoms with Gasteiger partial charge in [-0.3, -0.25) is 0 Å². The quantitative estimate of drug-likeness (QED) is 0.291. The molecule has 0 aliphatic carbocycles. The monoisotopic (exact) mass is 575 g/mol. The molecule has 0 spiro atoms. The summed E-state index contributed by atoms with van der Waals surface area (Å²) in [5.41, 5.74) is 7.11. The highest BCUT2D eigenvalue weighted by Crippen LogP contribution is 2.33. The lowest BCUT2D eigenvalue weighted by Gasteiger charge is -2.12. The number of hydrogen-bond acceptors (Lipinski definition) is 4. The highest BCUT2D eigenvalue weighted by Gasteiger charge is 2.30. The number of alkyl halides is 3. The number of rotatable bonds is 6. The summed E-state index contributed by atoms with van der Waals surface area (Å²) in [6, 6.07) is 8.67. The first-order valence-electron chi connectivity index (χ1n) is 7.55. The predicted molar refractivity (Wildman–Crippen MR) is 115 cm³/mol. The third kappa shape index (κ3) is 7.26. The topological polar surface area (TPSA) is 78.1 Å². The average molecular weight is 576 g/mol. The maximum absolute atomic E-state index is 12.2. The summed E-state index contributed by atoms with van der Waals surface area (Å²) in [6.45, 7) is 0.245. The van der Waals surface area contributed by atoms with Gasteiger partial charge in [-0.05, 0) is 42.0 Å². The molecule has 2 rings (SSSR count). The molecule has 0 unspecified atom stereocenters. The van der Waals surface area contributed by atoms with E-state index in [1.54, 1.807) is 12.1 Å². The molecule has 0 heterocycles. The van der Waals surface area contributed by atoms with E-state index in [2.05, 4.69) is 31.0 Å². The van der Waals surface area contributed by atoms with Crippen LogP contribution in [-0.2, 0) is 6.54 Å². The maximum atomic E-state index is 12.2. The van der Waals surface area contributed by atoms with Gasteiger partial charge in [-0.1, -0.05) is 15.9 Å². The standard InChI is InChI=1S/C17H17BrF3N3O3.HI/c1-25-14-7-10(13(18)8-15(14)26-2)9-23-16(22)24-11-3-5-12(6-4-11)27-17(19,20)21;/h3-8H,9H2,1-2H3,(H3,22,23,24);1H. The van der Waals surface area contributed by atoms with Crippen LogP contribution in [0.2, 0.25) is 0 Å². The summed E-state index contributed by atoms with van der Waals surface area (Å²) in [4.78, 5) is 4.21. The summed E-state index contributed by atoms with van der Waals surface area (Å²) in [6.07, 6.45) is -4.73. The Morgan fingerprint density at radius 1 is 1.11 bits per heavy atom. The highest BCUT2D eigenvalue weighted by atomic mass is 127. The molecule has 0 atom stereocenters. The minimum absolute atomic E-state index is 0. The first-order valence-corrected chi connectivity index (χ1v) is 8.34. The SMILES string of the molecule is COc1cc(Br)c(CN=C(N)Nc2ccc(OC(F)(F)F)cc2)cc1OC.I. The third-order valence-corrected chi connectivity index (χ3v) is 4.07. The predicted octanol–water partition coefficient (Wildman–Crippen LogP) is 4.91. The second-order valence-electron chi connectivity index (χ2n) is 5.20. The fraction of sp³-hybridized carbons (Fsp3) is 0.235. The van der Waals surface area contributed by atoms with Crippen LogP contribution < -0.4 is 25.3 Å². The zero-order valence-electron chi connectivity index (χ0n) is 14.8. The Hall–Kier alpha value is -1.89. The number of nitrogens with zero attached hydrogens (tertiary/aromatic N) is 1. The third-order valence-electron chi connectivity index (χ3n) is 3.33. The molecular formula is C17H18BrF3IN3O3. The lowest BCUT2D eigenvalue weighted by atomic mass is 10.2. The van der Waals surface area contributed by atoms with Gasteiger partial charge in [0.2, 0.25) is 0 Å². The summed E-state index contributed by atoms with van der Waals surface area (Å²) in [7, 11) is 3.07. The molecule has 0 aromatic heterocycles. The summed E-state index contributed by atoms with van der Waals surface area (Å²) < 4.78 is 51.5. The largest absolute Gasteiger partial charge is 0.573 e. The van der Waals surface area contributed by atoms with Gasteiger partial charge in [0.15, 0.2) is 17.5 Å². The second-order valence-corrected chi connectivity index (χ2v) is 6.05. The number of nitrogens with two attached hydrogens (primary N) is 1. The van der Waals surface area contributed by atoms with Crippen molar-refractivity contribution in [2.24, 2.45) is 10.7 Å². The van der Waals surface area contributed by atoms with Crippen molar-refractivity contribution in [3.8, 4) is 17.2 Å².